The number of halogens is 2. The monoisotopic (exact) mass is 392 g/mol. The van der Waals surface area contributed by atoms with E-state index < -0.39 is 22.9 Å². The van der Waals surface area contributed by atoms with E-state index in [0.717, 1.165) is 30.2 Å². The van der Waals surface area contributed by atoms with E-state index in [1.165, 1.54) is 15.9 Å². The summed E-state index contributed by atoms with van der Waals surface area (Å²) >= 11 is 1.04. The van der Waals surface area contributed by atoms with Crippen LogP contribution < -0.4 is 0 Å². The van der Waals surface area contributed by atoms with Gasteiger partial charge in [0.1, 0.15) is 10.5 Å². The topological polar surface area (TPSA) is 86.6 Å². The van der Waals surface area contributed by atoms with E-state index in [9.17, 15) is 23.5 Å². The smallest absolute Gasteiger partial charge is 0.328 e. The minimum atomic E-state index is -1.11. The van der Waals surface area contributed by atoms with Gasteiger partial charge in [0.25, 0.3) is 5.91 Å². The molecule has 0 radical (unpaired) electrons. The maximum absolute atomic E-state index is 14.1. The Labute approximate surface area is 156 Å². The first-order valence-electron chi connectivity index (χ1n) is 8.57. The highest BCUT2D eigenvalue weighted by molar-refractivity contribution is 7.14. The second-order valence-electron chi connectivity index (χ2n) is 7.07. The lowest BCUT2D eigenvalue weighted by atomic mass is 10.2. The summed E-state index contributed by atoms with van der Waals surface area (Å²) in [5.41, 5.74) is -0.826. The van der Waals surface area contributed by atoms with Crippen molar-refractivity contribution in [2.24, 2.45) is 0 Å². The molecule has 0 unspecified atom stereocenters. The molecule has 2 aromatic rings. The quantitative estimate of drug-likeness (QED) is 0.809. The van der Waals surface area contributed by atoms with Crippen LogP contribution in [0.3, 0.4) is 0 Å². The molecular formula is C17H14F2N4O3S. The van der Waals surface area contributed by atoms with Crippen molar-refractivity contribution >= 4 is 23.3 Å². The van der Waals surface area contributed by atoms with Crippen LogP contribution in [0.5, 0.6) is 5.75 Å². The van der Waals surface area contributed by atoms with E-state index in [-0.39, 0.29) is 35.1 Å². The summed E-state index contributed by atoms with van der Waals surface area (Å²) in [5, 5.41) is 17.9. The van der Waals surface area contributed by atoms with Crippen LogP contribution in [0.25, 0.3) is 10.6 Å². The van der Waals surface area contributed by atoms with Gasteiger partial charge in [0.15, 0.2) is 22.4 Å². The zero-order chi connectivity index (χ0) is 18.9. The number of aromatic hydroxyl groups is 1. The number of aromatic nitrogens is 2. The molecule has 140 valence electrons. The molecule has 0 bridgehead atoms. The van der Waals surface area contributed by atoms with Crippen LogP contribution >= 0.6 is 11.3 Å². The molecule has 10 heteroatoms. The van der Waals surface area contributed by atoms with Gasteiger partial charge in [-0.25, -0.2) is 13.6 Å². The van der Waals surface area contributed by atoms with Crippen LogP contribution in [0.2, 0.25) is 0 Å². The van der Waals surface area contributed by atoms with Gasteiger partial charge in [-0.15, -0.1) is 10.2 Å². The van der Waals surface area contributed by atoms with Crippen LogP contribution in [0.1, 0.15) is 30.7 Å². The normalized spacial score (nSPS) is 20.8. The van der Waals surface area contributed by atoms with Gasteiger partial charge < -0.3 is 10.0 Å². The highest BCUT2D eigenvalue weighted by atomic mass is 32.1. The highest BCUT2D eigenvalue weighted by Gasteiger charge is 2.66. The van der Waals surface area contributed by atoms with Crippen LogP contribution in [-0.4, -0.2) is 48.6 Å². The summed E-state index contributed by atoms with van der Waals surface area (Å²) in [6.45, 7) is 0.111. The van der Waals surface area contributed by atoms with Crippen molar-refractivity contribution in [3.05, 3.63) is 28.8 Å². The van der Waals surface area contributed by atoms with Crippen LogP contribution in [0.4, 0.5) is 13.6 Å². The number of carbonyl (C=O) groups excluding carboxylic acids is 2. The largest absolute Gasteiger partial charge is 0.503 e. The average Bonchev–Trinajstić information content (AvgIpc) is 3.56. The van der Waals surface area contributed by atoms with Gasteiger partial charge in [0, 0.05) is 6.04 Å². The summed E-state index contributed by atoms with van der Waals surface area (Å²) in [7, 11) is 0. The van der Waals surface area contributed by atoms with Gasteiger partial charge in [0.2, 0.25) is 0 Å². The van der Waals surface area contributed by atoms with Gasteiger partial charge in [-0.05, 0) is 37.8 Å². The minimum Gasteiger partial charge on any atom is -0.503 e. The number of carbonyl (C=O) groups is 2. The molecule has 2 saturated carbocycles. The second kappa shape index (κ2) is 5.44. The third-order valence-electron chi connectivity index (χ3n) is 5.26. The number of imide groups is 1. The molecular weight excluding hydrogens is 378 g/mol. The Balaban J connectivity index is 1.42. The predicted octanol–water partition coefficient (Wildman–Crippen LogP) is 2.65. The lowest BCUT2D eigenvalue weighted by Gasteiger charge is -2.19. The Bertz CT molecular complexity index is 987. The van der Waals surface area contributed by atoms with E-state index >= 15 is 0 Å². The molecule has 0 atom stereocenters. The van der Waals surface area contributed by atoms with Crippen molar-refractivity contribution in [2.45, 2.75) is 43.8 Å². The Morgan fingerprint density at radius 2 is 1.96 bits per heavy atom. The van der Waals surface area contributed by atoms with E-state index in [0.29, 0.717) is 17.8 Å². The molecule has 1 aliphatic heterocycles. The zero-order valence-electron chi connectivity index (χ0n) is 14.0. The van der Waals surface area contributed by atoms with Gasteiger partial charge in [-0.2, -0.15) is 0 Å². The number of rotatable bonds is 4. The first kappa shape index (κ1) is 16.5. The van der Waals surface area contributed by atoms with Gasteiger partial charge in [-0.1, -0.05) is 11.3 Å². The number of hydrogen-bond donors (Lipinski definition) is 1. The number of hydrogen-bond acceptors (Lipinski definition) is 6. The fraction of sp³-hybridized carbons (Fsp3) is 0.412. The minimum absolute atomic E-state index is 0.00809. The number of amides is 3. The summed E-state index contributed by atoms with van der Waals surface area (Å²) in [6.07, 6.45) is 2.95. The molecule has 1 aromatic heterocycles. The van der Waals surface area contributed by atoms with E-state index in [2.05, 4.69) is 10.2 Å². The fourth-order valence-corrected chi connectivity index (χ4v) is 4.33. The Kier molecular flexibility index (Phi) is 3.34. The maximum atomic E-state index is 14.1. The number of urea groups is 1. The van der Waals surface area contributed by atoms with Crippen molar-refractivity contribution in [1.82, 2.24) is 20.0 Å². The maximum Gasteiger partial charge on any atom is 0.328 e. The van der Waals surface area contributed by atoms with Crippen molar-refractivity contribution in [1.29, 1.82) is 0 Å². The molecule has 27 heavy (non-hydrogen) atoms. The molecule has 3 fully saturated rings. The van der Waals surface area contributed by atoms with Crippen molar-refractivity contribution in [2.75, 3.05) is 0 Å². The first-order chi connectivity index (χ1) is 12.9. The lowest BCUT2D eigenvalue weighted by Crippen LogP contribution is -2.36. The third kappa shape index (κ3) is 2.35. The van der Waals surface area contributed by atoms with Crippen molar-refractivity contribution < 1.29 is 23.5 Å². The Hall–Kier alpha value is -2.62. The van der Waals surface area contributed by atoms with Gasteiger partial charge >= 0.3 is 6.03 Å². The van der Waals surface area contributed by atoms with Crippen LogP contribution in [0, 0.1) is 11.6 Å². The SMILES string of the molecule is O=C1N(C2CC2)C(=O)C2(CC2)N1Cc1nnc(-c2ccc(F)c(O)c2F)s1. The van der Waals surface area contributed by atoms with Crippen LogP contribution in [0.15, 0.2) is 12.1 Å². The molecule has 1 spiro atoms. The second-order valence-corrected chi connectivity index (χ2v) is 8.13. The first-order valence-corrected chi connectivity index (χ1v) is 9.39. The molecule has 1 saturated heterocycles. The molecule has 3 aliphatic rings. The number of nitrogens with zero attached hydrogens (tertiary/aromatic N) is 4. The zero-order valence-corrected chi connectivity index (χ0v) is 14.8. The van der Waals surface area contributed by atoms with Crippen LogP contribution in [-0.2, 0) is 11.3 Å². The van der Waals surface area contributed by atoms with Gasteiger partial charge in [-0.3, -0.25) is 9.69 Å². The fourth-order valence-electron chi connectivity index (χ4n) is 3.48. The van der Waals surface area contributed by atoms with Gasteiger partial charge in [0.05, 0.1) is 12.1 Å². The van der Waals surface area contributed by atoms with E-state index in [4.69, 9.17) is 0 Å². The van der Waals surface area contributed by atoms with Crippen molar-refractivity contribution in [3.8, 4) is 16.3 Å². The molecule has 1 N–H and O–H groups in total. The summed E-state index contributed by atoms with van der Waals surface area (Å²) in [5.74, 6) is -3.36. The molecule has 7 nitrogen and oxygen atoms in total. The molecule has 1 aromatic carbocycles. The number of benzene rings is 1. The standard InChI is InChI=1S/C17H14F2N4O3S/c18-10-4-3-9(12(19)13(10)24)14-21-20-11(27-14)7-22-16(26)23(8-1-2-8)15(25)17(22)5-6-17/h3-4,8,24H,1-2,5-7H2. The molecule has 2 heterocycles. The molecule has 3 amide bonds. The lowest BCUT2D eigenvalue weighted by molar-refractivity contribution is -0.129. The molecule has 2 aliphatic carbocycles. The average molecular weight is 392 g/mol. The Morgan fingerprint density at radius 1 is 1.22 bits per heavy atom. The summed E-state index contributed by atoms with van der Waals surface area (Å²) in [6, 6.07) is 1.83. The Morgan fingerprint density at radius 3 is 2.63 bits per heavy atom. The van der Waals surface area contributed by atoms with E-state index in [1.807, 2.05) is 0 Å². The van der Waals surface area contributed by atoms with E-state index in [1.54, 1.807) is 0 Å². The molecule has 5 rings (SSSR count). The number of phenols is 1. The summed E-state index contributed by atoms with van der Waals surface area (Å²) in [4.78, 5) is 28.3. The highest BCUT2D eigenvalue weighted by Crippen LogP contribution is 2.51. The summed E-state index contributed by atoms with van der Waals surface area (Å²) < 4.78 is 27.3. The predicted molar refractivity (Wildman–Crippen MR) is 89.7 cm³/mol. The van der Waals surface area contributed by atoms with Crippen molar-refractivity contribution in [3.63, 3.8) is 0 Å². The third-order valence-corrected chi connectivity index (χ3v) is 6.21. The number of phenolic OH excluding ortho intramolecular Hbond substituents is 1.